The van der Waals surface area contributed by atoms with Crippen molar-refractivity contribution in [1.29, 1.82) is 0 Å². The van der Waals surface area contributed by atoms with E-state index < -0.39 is 11.5 Å². The number of hydrogen-bond acceptors (Lipinski definition) is 3. The maximum absolute atomic E-state index is 12.5. The van der Waals surface area contributed by atoms with Crippen LogP contribution in [0.3, 0.4) is 0 Å². The highest BCUT2D eigenvalue weighted by Crippen LogP contribution is 2.38. The first kappa shape index (κ1) is 16.3. The van der Waals surface area contributed by atoms with E-state index >= 15 is 0 Å². The summed E-state index contributed by atoms with van der Waals surface area (Å²) in [4.78, 5) is 25.9. The quantitative estimate of drug-likeness (QED) is 0.783. The van der Waals surface area contributed by atoms with Gasteiger partial charge in [0.05, 0.1) is 6.10 Å². The van der Waals surface area contributed by atoms with Gasteiger partial charge in [-0.2, -0.15) is 0 Å². The van der Waals surface area contributed by atoms with E-state index in [9.17, 15) is 14.7 Å². The van der Waals surface area contributed by atoms with E-state index in [-0.39, 0.29) is 5.91 Å². The van der Waals surface area contributed by atoms with Crippen LogP contribution >= 0.6 is 0 Å². The van der Waals surface area contributed by atoms with Gasteiger partial charge in [0.2, 0.25) is 5.91 Å². The van der Waals surface area contributed by atoms with E-state index in [4.69, 9.17) is 4.74 Å². The average Bonchev–Trinajstić information content (AvgIpc) is 2.82. The van der Waals surface area contributed by atoms with Gasteiger partial charge < -0.3 is 14.7 Å². The van der Waals surface area contributed by atoms with Gasteiger partial charge in [-0.3, -0.25) is 4.79 Å². The van der Waals surface area contributed by atoms with Gasteiger partial charge in [-0.25, -0.2) is 4.79 Å². The van der Waals surface area contributed by atoms with Crippen LogP contribution in [0.2, 0.25) is 0 Å². The molecule has 1 amide bonds. The van der Waals surface area contributed by atoms with Crippen LogP contribution in [0.25, 0.3) is 0 Å². The summed E-state index contributed by atoms with van der Waals surface area (Å²) in [6.45, 7) is 5.27. The first-order chi connectivity index (χ1) is 10.0. The first-order valence-corrected chi connectivity index (χ1v) is 8.19. The van der Waals surface area contributed by atoms with Crippen LogP contribution in [0.4, 0.5) is 0 Å². The molecule has 0 bridgehead atoms. The highest BCUT2D eigenvalue weighted by Gasteiger charge is 2.49. The summed E-state index contributed by atoms with van der Waals surface area (Å²) < 4.78 is 5.51. The maximum atomic E-state index is 12.5. The van der Waals surface area contributed by atoms with Gasteiger partial charge in [0.25, 0.3) is 0 Å². The van der Waals surface area contributed by atoms with Crippen molar-refractivity contribution in [3.63, 3.8) is 0 Å². The van der Waals surface area contributed by atoms with Crippen LogP contribution in [0.1, 0.15) is 58.8 Å². The molecule has 2 rings (SSSR count). The highest BCUT2D eigenvalue weighted by atomic mass is 16.5. The van der Waals surface area contributed by atoms with Crippen molar-refractivity contribution in [2.24, 2.45) is 5.92 Å². The summed E-state index contributed by atoms with van der Waals surface area (Å²) in [5.41, 5.74) is -0.950. The van der Waals surface area contributed by atoms with Crippen LogP contribution in [-0.2, 0) is 14.3 Å². The van der Waals surface area contributed by atoms with Gasteiger partial charge in [0.15, 0.2) is 0 Å². The molecule has 1 heterocycles. The minimum Gasteiger partial charge on any atom is -0.479 e. The number of carboxylic acids is 1. The Morgan fingerprint density at radius 1 is 1.33 bits per heavy atom. The summed E-state index contributed by atoms with van der Waals surface area (Å²) in [5, 5.41) is 9.62. The fourth-order valence-electron chi connectivity index (χ4n) is 3.81. The van der Waals surface area contributed by atoms with Crippen LogP contribution in [-0.4, -0.2) is 46.7 Å². The fraction of sp³-hybridized carbons (Fsp3) is 0.875. The van der Waals surface area contributed by atoms with Gasteiger partial charge in [-0.1, -0.05) is 13.3 Å². The Balaban J connectivity index is 1.93. The number of hydrogen-bond donors (Lipinski definition) is 1. The molecule has 1 aliphatic carbocycles. The molecule has 0 aromatic carbocycles. The zero-order valence-corrected chi connectivity index (χ0v) is 13.1. The zero-order chi connectivity index (χ0) is 15.5. The number of carbonyl (C=O) groups is 2. The minimum atomic E-state index is -0.950. The fourth-order valence-corrected chi connectivity index (χ4v) is 3.81. The van der Waals surface area contributed by atoms with E-state index in [1.807, 2.05) is 13.8 Å². The molecule has 1 unspecified atom stereocenters. The molecule has 0 aromatic heterocycles. The second-order valence-electron chi connectivity index (χ2n) is 6.35. The van der Waals surface area contributed by atoms with Crippen molar-refractivity contribution in [2.75, 3.05) is 13.2 Å². The molecule has 1 N–H and O–H groups in total. The number of carbonyl (C=O) groups excluding carboxylic acids is 1. The van der Waals surface area contributed by atoms with Crippen LogP contribution in [0.5, 0.6) is 0 Å². The minimum absolute atomic E-state index is 0.0169. The predicted octanol–water partition coefficient (Wildman–Crippen LogP) is 2.44. The molecule has 1 saturated carbocycles. The monoisotopic (exact) mass is 297 g/mol. The largest absolute Gasteiger partial charge is 0.479 e. The lowest BCUT2D eigenvalue weighted by Gasteiger charge is -2.38. The van der Waals surface area contributed by atoms with E-state index in [0.717, 1.165) is 32.3 Å². The average molecular weight is 297 g/mol. The standard InChI is InChI=1S/C16H27NO4/c1-3-6-16(15(19)20)7-5-8-17(16)14(18)11-12-9-13(10-12)21-4-2/h12-13H,3-11H2,1-2H3,(H,19,20). The topological polar surface area (TPSA) is 66.8 Å². The van der Waals surface area contributed by atoms with Gasteiger partial charge in [0.1, 0.15) is 5.54 Å². The Bertz CT molecular complexity index is 392. The van der Waals surface area contributed by atoms with Crippen molar-refractivity contribution in [2.45, 2.75) is 70.4 Å². The number of likely N-dealkylation sites (tertiary alicyclic amines) is 1. The van der Waals surface area contributed by atoms with Crippen molar-refractivity contribution in [3.05, 3.63) is 0 Å². The molecule has 5 nitrogen and oxygen atoms in total. The lowest BCUT2D eigenvalue weighted by Crippen LogP contribution is -2.53. The third-order valence-corrected chi connectivity index (χ3v) is 4.91. The van der Waals surface area contributed by atoms with Crippen molar-refractivity contribution >= 4 is 11.9 Å². The van der Waals surface area contributed by atoms with Crippen molar-refractivity contribution < 1.29 is 19.4 Å². The SMILES string of the molecule is CCCC1(C(=O)O)CCCN1C(=O)CC1CC(OCC)C1. The molecule has 120 valence electrons. The number of ether oxygens (including phenoxy) is 1. The normalized spacial score (nSPS) is 32.0. The molecule has 5 heteroatoms. The molecular weight excluding hydrogens is 270 g/mol. The molecule has 1 saturated heterocycles. The van der Waals surface area contributed by atoms with E-state index in [1.54, 1.807) is 4.90 Å². The number of amides is 1. The smallest absolute Gasteiger partial charge is 0.329 e. The number of nitrogens with zero attached hydrogens (tertiary/aromatic N) is 1. The van der Waals surface area contributed by atoms with Crippen molar-refractivity contribution in [3.8, 4) is 0 Å². The van der Waals surface area contributed by atoms with Crippen molar-refractivity contribution in [1.82, 2.24) is 4.90 Å². The van der Waals surface area contributed by atoms with Gasteiger partial charge in [-0.15, -0.1) is 0 Å². The maximum Gasteiger partial charge on any atom is 0.329 e. The molecule has 0 aromatic rings. The second-order valence-corrected chi connectivity index (χ2v) is 6.35. The van der Waals surface area contributed by atoms with Crippen LogP contribution < -0.4 is 0 Å². The van der Waals surface area contributed by atoms with Gasteiger partial charge in [0, 0.05) is 19.6 Å². The summed E-state index contributed by atoms with van der Waals surface area (Å²) in [6, 6.07) is 0. The molecule has 2 aliphatic rings. The predicted molar refractivity (Wildman–Crippen MR) is 79.0 cm³/mol. The number of rotatable bonds is 7. The molecule has 0 spiro atoms. The summed E-state index contributed by atoms with van der Waals surface area (Å²) >= 11 is 0. The van der Waals surface area contributed by atoms with Gasteiger partial charge >= 0.3 is 5.97 Å². The first-order valence-electron chi connectivity index (χ1n) is 8.19. The van der Waals surface area contributed by atoms with E-state index in [1.165, 1.54) is 0 Å². The molecule has 21 heavy (non-hydrogen) atoms. The number of aliphatic carboxylic acids is 1. The highest BCUT2D eigenvalue weighted by molar-refractivity contribution is 5.88. The Hall–Kier alpha value is -1.10. The summed E-state index contributed by atoms with van der Waals surface area (Å²) in [5.74, 6) is -0.456. The third kappa shape index (κ3) is 3.23. The van der Waals surface area contributed by atoms with Crippen LogP contribution in [0, 0.1) is 5.92 Å². The Kier molecular flexibility index (Phi) is 5.25. The zero-order valence-electron chi connectivity index (χ0n) is 13.1. The summed E-state index contributed by atoms with van der Waals surface area (Å²) in [6.07, 6.45) is 5.36. The molecule has 2 fully saturated rings. The Morgan fingerprint density at radius 3 is 2.62 bits per heavy atom. The van der Waals surface area contributed by atoms with Crippen LogP contribution in [0.15, 0.2) is 0 Å². The molecule has 1 aliphatic heterocycles. The lowest BCUT2D eigenvalue weighted by atomic mass is 9.79. The van der Waals surface area contributed by atoms with E-state index in [2.05, 4.69) is 0 Å². The van der Waals surface area contributed by atoms with Gasteiger partial charge in [-0.05, 0) is 44.9 Å². The Labute approximate surface area is 126 Å². The molecular formula is C16H27NO4. The lowest BCUT2D eigenvalue weighted by molar-refractivity contribution is -0.158. The molecule has 1 atom stereocenters. The number of carboxylic acid groups (broad SMARTS) is 1. The third-order valence-electron chi connectivity index (χ3n) is 4.91. The molecule has 0 radical (unpaired) electrons. The second kappa shape index (κ2) is 6.77. The summed E-state index contributed by atoms with van der Waals surface area (Å²) in [7, 11) is 0. The van der Waals surface area contributed by atoms with E-state index in [0.29, 0.717) is 37.8 Å². The Morgan fingerprint density at radius 2 is 2.05 bits per heavy atom.